The van der Waals surface area contributed by atoms with Crippen LogP contribution in [-0.4, -0.2) is 16.0 Å². The number of fused-ring (bicyclic) bond motifs is 1. The van der Waals surface area contributed by atoms with Crippen LogP contribution in [0.4, 0.5) is 0 Å². The summed E-state index contributed by atoms with van der Waals surface area (Å²) in [6.45, 7) is 9.20. The Morgan fingerprint density at radius 2 is 1.67 bits per heavy atom. The first-order chi connectivity index (χ1) is 11.1. The number of phenols is 2. The highest BCUT2D eigenvalue weighted by atomic mass is 16.3. The average molecular weight is 330 g/mol. The molecule has 3 rings (SSSR count). The maximum absolute atomic E-state index is 13.4. The first-order valence-corrected chi connectivity index (χ1v) is 9.22. The molecule has 3 heteroatoms. The van der Waals surface area contributed by atoms with Gasteiger partial charge >= 0.3 is 0 Å². The molecule has 0 bridgehead atoms. The van der Waals surface area contributed by atoms with Gasteiger partial charge in [-0.3, -0.25) is 4.79 Å². The minimum Gasteiger partial charge on any atom is -0.508 e. The van der Waals surface area contributed by atoms with Crippen molar-refractivity contribution in [2.75, 3.05) is 0 Å². The average Bonchev–Trinajstić information content (AvgIpc) is 2.44. The monoisotopic (exact) mass is 330 g/mol. The van der Waals surface area contributed by atoms with E-state index in [9.17, 15) is 15.0 Å². The Labute approximate surface area is 145 Å². The number of carbonyl (C=O) groups excluding carboxylic acids is 1. The van der Waals surface area contributed by atoms with E-state index in [1.54, 1.807) is 0 Å². The lowest BCUT2D eigenvalue weighted by Crippen LogP contribution is -2.53. The van der Waals surface area contributed by atoms with Gasteiger partial charge in [0.25, 0.3) is 0 Å². The number of hydrogen-bond acceptors (Lipinski definition) is 3. The zero-order valence-electron chi connectivity index (χ0n) is 15.3. The molecule has 2 fully saturated rings. The Morgan fingerprint density at radius 3 is 2.29 bits per heavy atom. The molecular formula is C21H30O3. The van der Waals surface area contributed by atoms with E-state index in [0.717, 1.165) is 12.8 Å². The minimum absolute atomic E-state index is 0.00240. The van der Waals surface area contributed by atoms with E-state index >= 15 is 0 Å². The number of Topliss-reactive ketones (excluding diaryl/α,β-unsaturated/α-hetero) is 1. The number of aromatic hydroxyl groups is 2. The number of rotatable bonds is 2. The lowest BCUT2D eigenvalue weighted by molar-refractivity contribution is -0.0796. The molecule has 2 saturated carbocycles. The Morgan fingerprint density at radius 1 is 1.04 bits per heavy atom. The quantitative estimate of drug-likeness (QED) is 0.736. The Bertz CT molecular complexity index is 628. The van der Waals surface area contributed by atoms with Gasteiger partial charge in [-0.25, -0.2) is 0 Å². The van der Waals surface area contributed by atoms with E-state index in [2.05, 4.69) is 27.7 Å². The normalized spacial score (nSPS) is 35.2. The topological polar surface area (TPSA) is 57.5 Å². The van der Waals surface area contributed by atoms with Gasteiger partial charge in [0.2, 0.25) is 0 Å². The van der Waals surface area contributed by atoms with E-state index < -0.39 is 0 Å². The third-order valence-corrected chi connectivity index (χ3v) is 6.94. The molecule has 0 aromatic heterocycles. The van der Waals surface area contributed by atoms with E-state index in [0.29, 0.717) is 17.4 Å². The van der Waals surface area contributed by atoms with Crippen LogP contribution in [0, 0.1) is 28.6 Å². The highest BCUT2D eigenvalue weighted by Crippen LogP contribution is 2.61. The molecule has 2 aliphatic rings. The van der Waals surface area contributed by atoms with Crippen molar-refractivity contribution in [3.63, 3.8) is 0 Å². The maximum atomic E-state index is 13.4. The molecular weight excluding hydrogens is 300 g/mol. The number of benzene rings is 1. The Kier molecular flexibility index (Phi) is 4.17. The highest BCUT2D eigenvalue weighted by Gasteiger charge is 2.55. The van der Waals surface area contributed by atoms with Gasteiger partial charge in [0.05, 0.1) is 0 Å². The van der Waals surface area contributed by atoms with E-state index in [1.807, 2.05) is 0 Å². The zero-order valence-corrected chi connectivity index (χ0v) is 15.3. The van der Waals surface area contributed by atoms with Crippen molar-refractivity contribution in [1.29, 1.82) is 0 Å². The lowest BCUT2D eigenvalue weighted by Gasteiger charge is -2.58. The summed E-state index contributed by atoms with van der Waals surface area (Å²) in [6, 6.07) is 4.26. The molecule has 0 aliphatic heterocycles. The van der Waals surface area contributed by atoms with Gasteiger partial charge in [0.15, 0.2) is 5.78 Å². The van der Waals surface area contributed by atoms with Crippen LogP contribution in [0.15, 0.2) is 18.2 Å². The predicted octanol–water partition coefficient (Wildman–Crippen LogP) is 5.16. The van der Waals surface area contributed by atoms with Crippen LogP contribution < -0.4 is 0 Å². The van der Waals surface area contributed by atoms with Crippen molar-refractivity contribution in [1.82, 2.24) is 0 Å². The van der Waals surface area contributed by atoms with Gasteiger partial charge in [-0.05, 0) is 60.5 Å². The van der Waals surface area contributed by atoms with Crippen LogP contribution in [0.25, 0.3) is 0 Å². The summed E-state index contributed by atoms with van der Waals surface area (Å²) in [5.74, 6) is 0.822. The van der Waals surface area contributed by atoms with Gasteiger partial charge in [0, 0.05) is 17.5 Å². The molecule has 0 amide bonds. The van der Waals surface area contributed by atoms with E-state index in [4.69, 9.17) is 0 Å². The number of hydrogen-bond donors (Lipinski definition) is 2. The maximum Gasteiger partial charge on any atom is 0.167 e. The minimum atomic E-state index is -0.0486. The summed E-state index contributed by atoms with van der Waals surface area (Å²) in [7, 11) is 0. The second-order valence-corrected chi connectivity index (χ2v) is 9.04. The second kappa shape index (κ2) is 5.79. The van der Waals surface area contributed by atoms with Crippen LogP contribution in [0.1, 0.15) is 70.2 Å². The van der Waals surface area contributed by atoms with Crippen LogP contribution in [-0.2, 0) is 0 Å². The summed E-state index contributed by atoms with van der Waals surface area (Å²) >= 11 is 0. The fourth-order valence-electron chi connectivity index (χ4n) is 5.98. The largest absolute Gasteiger partial charge is 0.508 e. The van der Waals surface area contributed by atoms with E-state index in [-0.39, 0.29) is 34.0 Å². The Hall–Kier alpha value is -1.51. The predicted molar refractivity (Wildman–Crippen MR) is 95.2 cm³/mol. The van der Waals surface area contributed by atoms with Gasteiger partial charge < -0.3 is 10.2 Å². The number of ketones is 1. The fraction of sp³-hybridized carbons (Fsp3) is 0.667. The SMILES string of the molecule is C[C@@H]1CCC2C(C)(C)CCCC2(C)[C@H]1C(=O)c1cc(O)cc(O)c1. The van der Waals surface area contributed by atoms with E-state index in [1.165, 1.54) is 37.5 Å². The van der Waals surface area contributed by atoms with Crippen LogP contribution in [0.3, 0.4) is 0 Å². The van der Waals surface area contributed by atoms with Gasteiger partial charge in [0.1, 0.15) is 11.5 Å². The molecule has 1 aromatic rings. The summed E-state index contributed by atoms with van der Waals surface area (Å²) in [6.07, 6.45) is 5.76. The molecule has 24 heavy (non-hydrogen) atoms. The molecule has 0 spiro atoms. The summed E-state index contributed by atoms with van der Waals surface area (Å²) in [5.41, 5.74) is 0.708. The molecule has 0 heterocycles. The Balaban J connectivity index is 2.02. The highest BCUT2D eigenvalue weighted by molar-refractivity contribution is 5.99. The number of carbonyl (C=O) groups is 1. The fourth-order valence-corrected chi connectivity index (χ4v) is 5.98. The molecule has 2 aliphatic carbocycles. The van der Waals surface area contributed by atoms with Crippen LogP contribution >= 0.6 is 0 Å². The van der Waals surface area contributed by atoms with Crippen molar-refractivity contribution in [2.45, 2.75) is 59.8 Å². The lowest BCUT2D eigenvalue weighted by atomic mass is 9.46. The first-order valence-electron chi connectivity index (χ1n) is 9.22. The molecule has 3 nitrogen and oxygen atoms in total. The van der Waals surface area contributed by atoms with Crippen molar-refractivity contribution in [2.24, 2.45) is 28.6 Å². The van der Waals surface area contributed by atoms with Crippen LogP contribution in [0.2, 0.25) is 0 Å². The van der Waals surface area contributed by atoms with Gasteiger partial charge in [-0.15, -0.1) is 0 Å². The summed E-state index contributed by atoms with van der Waals surface area (Å²) in [5, 5.41) is 19.5. The smallest absolute Gasteiger partial charge is 0.167 e. The molecule has 2 unspecified atom stereocenters. The van der Waals surface area contributed by atoms with Crippen molar-refractivity contribution in [3.8, 4) is 11.5 Å². The molecule has 2 N–H and O–H groups in total. The van der Waals surface area contributed by atoms with Crippen molar-refractivity contribution in [3.05, 3.63) is 23.8 Å². The standard InChI is InChI=1S/C21H30O3/c1-13-6-7-17-20(2,3)8-5-9-21(17,4)18(13)19(24)14-10-15(22)12-16(23)11-14/h10-13,17-18,22-23H,5-9H2,1-4H3/t13-,17?,18-,21?/m1/s1. The molecule has 1 aromatic carbocycles. The van der Waals surface area contributed by atoms with Gasteiger partial charge in [-0.1, -0.05) is 34.1 Å². The van der Waals surface area contributed by atoms with Crippen molar-refractivity contribution >= 4 is 5.78 Å². The molecule has 4 atom stereocenters. The third-order valence-electron chi connectivity index (χ3n) is 6.94. The molecule has 0 saturated heterocycles. The van der Waals surface area contributed by atoms with Gasteiger partial charge in [-0.2, -0.15) is 0 Å². The summed E-state index contributed by atoms with van der Waals surface area (Å²) in [4.78, 5) is 13.4. The third kappa shape index (κ3) is 2.72. The summed E-state index contributed by atoms with van der Waals surface area (Å²) < 4.78 is 0. The first kappa shape index (κ1) is 17.3. The zero-order chi connectivity index (χ0) is 17.7. The van der Waals surface area contributed by atoms with Crippen LogP contribution in [0.5, 0.6) is 11.5 Å². The van der Waals surface area contributed by atoms with Crippen molar-refractivity contribution < 1.29 is 15.0 Å². The second-order valence-electron chi connectivity index (χ2n) is 9.04. The molecule has 132 valence electrons. The molecule has 0 radical (unpaired) electrons. The number of phenolic OH excluding ortho intramolecular Hbond substituents is 2.